The first kappa shape index (κ1) is 12.0. The van der Waals surface area contributed by atoms with E-state index >= 15 is 0 Å². The molecule has 0 N–H and O–H groups in total. The fourth-order valence-corrected chi connectivity index (χ4v) is 2.80. The molecule has 2 atom stereocenters. The molecule has 2 aliphatic rings. The van der Waals surface area contributed by atoms with Crippen molar-refractivity contribution in [3.63, 3.8) is 0 Å². The summed E-state index contributed by atoms with van der Waals surface area (Å²) in [5.41, 5.74) is 1.93. The van der Waals surface area contributed by atoms with Crippen molar-refractivity contribution in [2.24, 2.45) is 0 Å². The van der Waals surface area contributed by atoms with Crippen molar-refractivity contribution in [1.29, 1.82) is 0 Å². The molecule has 2 heterocycles. The molecule has 0 unspecified atom stereocenters. The van der Waals surface area contributed by atoms with Crippen LogP contribution in [0.15, 0.2) is 24.3 Å². The summed E-state index contributed by atoms with van der Waals surface area (Å²) in [6, 6.07) is 6.92. The van der Waals surface area contributed by atoms with Crippen LogP contribution in [0.25, 0.3) is 0 Å². The summed E-state index contributed by atoms with van der Waals surface area (Å²) in [6.45, 7) is 2.39. The van der Waals surface area contributed by atoms with Crippen molar-refractivity contribution in [2.45, 2.75) is 25.4 Å². The molecule has 3 rings (SSSR count). The summed E-state index contributed by atoms with van der Waals surface area (Å²) >= 11 is 0. The van der Waals surface area contributed by atoms with Crippen molar-refractivity contribution in [3.05, 3.63) is 35.4 Å². The first-order valence-corrected chi connectivity index (χ1v) is 6.42. The average Bonchev–Trinajstić information content (AvgIpc) is 2.78. The second-order valence-electron chi connectivity index (χ2n) is 4.70. The summed E-state index contributed by atoms with van der Waals surface area (Å²) in [5, 5.41) is 0. The molecule has 1 aromatic carbocycles. The van der Waals surface area contributed by atoms with E-state index in [2.05, 4.69) is 0 Å². The molecule has 0 aromatic heterocycles. The van der Waals surface area contributed by atoms with Crippen molar-refractivity contribution in [1.82, 2.24) is 4.90 Å². The number of amides is 1. The van der Waals surface area contributed by atoms with Gasteiger partial charge in [-0.2, -0.15) is 0 Å². The molecule has 1 amide bonds. The summed E-state index contributed by atoms with van der Waals surface area (Å²) in [6.07, 6.45) is 0.287. The van der Waals surface area contributed by atoms with Crippen molar-refractivity contribution < 1.29 is 19.1 Å². The van der Waals surface area contributed by atoms with Crippen LogP contribution in [0.2, 0.25) is 0 Å². The van der Waals surface area contributed by atoms with Crippen LogP contribution in [0, 0.1) is 0 Å². The van der Waals surface area contributed by atoms with Gasteiger partial charge in [0.1, 0.15) is 6.61 Å². The molecule has 0 spiro atoms. The molecule has 1 saturated heterocycles. The van der Waals surface area contributed by atoms with E-state index in [1.807, 2.05) is 24.3 Å². The maximum Gasteiger partial charge on any atom is 0.411 e. The van der Waals surface area contributed by atoms with Gasteiger partial charge in [0.05, 0.1) is 12.6 Å². The smallest absolute Gasteiger partial charge is 0.411 e. The number of hydrogen-bond donors (Lipinski definition) is 0. The summed E-state index contributed by atoms with van der Waals surface area (Å²) < 4.78 is 10.2. The van der Waals surface area contributed by atoms with Gasteiger partial charge in [-0.15, -0.1) is 0 Å². The van der Waals surface area contributed by atoms with Crippen LogP contribution in [-0.4, -0.2) is 36.2 Å². The van der Waals surface area contributed by atoms with Crippen LogP contribution in [0.4, 0.5) is 4.79 Å². The lowest BCUT2D eigenvalue weighted by Crippen LogP contribution is -2.46. The maximum absolute atomic E-state index is 12.2. The maximum atomic E-state index is 12.2. The quantitative estimate of drug-likeness (QED) is 0.760. The summed E-state index contributed by atoms with van der Waals surface area (Å²) in [4.78, 5) is 25.5. The fourth-order valence-electron chi connectivity index (χ4n) is 2.80. The number of benzene rings is 1. The zero-order valence-electron chi connectivity index (χ0n) is 10.7. The Labute approximate surface area is 111 Å². The van der Waals surface area contributed by atoms with E-state index in [4.69, 9.17) is 9.47 Å². The first-order valence-electron chi connectivity index (χ1n) is 6.42. The van der Waals surface area contributed by atoms with E-state index < -0.39 is 18.1 Å². The van der Waals surface area contributed by atoms with Crippen molar-refractivity contribution >= 4 is 12.1 Å². The molecule has 2 aliphatic heterocycles. The molecule has 0 saturated carbocycles. The molecule has 1 fully saturated rings. The highest BCUT2D eigenvalue weighted by atomic mass is 16.6. The normalized spacial score (nSPS) is 24.5. The van der Waals surface area contributed by atoms with E-state index in [0.717, 1.165) is 17.5 Å². The molecule has 0 aliphatic carbocycles. The third-order valence-corrected chi connectivity index (χ3v) is 3.60. The first-order chi connectivity index (χ1) is 9.22. The molecule has 1 aromatic rings. The predicted molar refractivity (Wildman–Crippen MR) is 66.5 cm³/mol. The van der Waals surface area contributed by atoms with Crippen LogP contribution < -0.4 is 0 Å². The molecule has 5 heteroatoms. The van der Waals surface area contributed by atoms with Gasteiger partial charge in [-0.1, -0.05) is 24.3 Å². The van der Waals surface area contributed by atoms with Gasteiger partial charge < -0.3 is 9.47 Å². The Balaban J connectivity index is 2.05. The van der Waals surface area contributed by atoms with E-state index in [1.165, 1.54) is 4.90 Å². The van der Waals surface area contributed by atoms with Gasteiger partial charge in [0.15, 0.2) is 6.04 Å². The Bertz CT molecular complexity index is 528. The SMILES string of the molecule is CCOC(=O)[C@@H]1c2ccccc2C[C@H]2COC(=O)N21. The Morgan fingerprint density at radius 2 is 2.26 bits per heavy atom. The van der Waals surface area contributed by atoms with Crippen LogP contribution in [-0.2, 0) is 20.7 Å². The lowest BCUT2D eigenvalue weighted by atomic mass is 9.89. The molecule has 5 nitrogen and oxygen atoms in total. The van der Waals surface area contributed by atoms with Crippen molar-refractivity contribution in [2.75, 3.05) is 13.2 Å². The molecule has 0 radical (unpaired) electrons. The second-order valence-corrected chi connectivity index (χ2v) is 4.70. The van der Waals surface area contributed by atoms with Crippen LogP contribution in [0.3, 0.4) is 0 Å². The van der Waals surface area contributed by atoms with Crippen LogP contribution >= 0.6 is 0 Å². The molecular weight excluding hydrogens is 246 g/mol. The third-order valence-electron chi connectivity index (χ3n) is 3.60. The summed E-state index contributed by atoms with van der Waals surface area (Å²) in [7, 11) is 0. The monoisotopic (exact) mass is 261 g/mol. The number of hydrogen-bond acceptors (Lipinski definition) is 4. The van der Waals surface area contributed by atoms with E-state index in [9.17, 15) is 9.59 Å². The Hall–Kier alpha value is -2.04. The van der Waals surface area contributed by atoms with Gasteiger partial charge in [0.25, 0.3) is 0 Å². The number of esters is 1. The lowest BCUT2D eigenvalue weighted by Gasteiger charge is -2.35. The number of fused-ring (bicyclic) bond motifs is 2. The topological polar surface area (TPSA) is 55.8 Å². The van der Waals surface area contributed by atoms with Gasteiger partial charge in [-0.05, 0) is 24.5 Å². The van der Waals surface area contributed by atoms with Crippen LogP contribution in [0.1, 0.15) is 24.1 Å². The number of rotatable bonds is 2. The van der Waals surface area contributed by atoms with Crippen LogP contribution in [0.5, 0.6) is 0 Å². The minimum Gasteiger partial charge on any atom is -0.464 e. The van der Waals surface area contributed by atoms with E-state index in [-0.39, 0.29) is 6.04 Å². The molecule has 100 valence electrons. The van der Waals surface area contributed by atoms with Gasteiger partial charge >= 0.3 is 12.1 Å². The minimum atomic E-state index is -0.676. The zero-order chi connectivity index (χ0) is 13.4. The zero-order valence-corrected chi connectivity index (χ0v) is 10.7. The average molecular weight is 261 g/mol. The van der Waals surface area contributed by atoms with Gasteiger partial charge in [0, 0.05) is 0 Å². The fraction of sp³-hybridized carbons (Fsp3) is 0.429. The highest BCUT2D eigenvalue weighted by Gasteiger charge is 2.46. The number of ether oxygens (including phenoxy) is 2. The Kier molecular flexibility index (Phi) is 2.89. The number of carbonyl (C=O) groups is 2. The molecule has 0 bridgehead atoms. The standard InChI is InChI=1S/C14H15NO4/c1-2-18-13(16)12-11-6-4-3-5-9(11)7-10-8-19-14(17)15(10)12/h3-6,10,12H,2,7-8H2,1H3/t10-,12-/m0/s1. The number of nitrogens with zero attached hydrogens (tertiary/aromatic N) is 1. The number of cyclic esters (lactones) is 1. The predicted octanol–water partition coefficient (Wildman–Crippen LogP) is 1.67. The Morgan fingerprint density at radius 3 is 3.05 bits per heavy atom. The van der Waals surface area contributed by atoms with Gasteiger partial charge in [-0.25, -0.2) is 9.59 Å². The Morgan fingerprint density at radius 1 is 1.47 bits per heavy atom. The molecular formula is C14H15NO4. The second kappa shape index (κ2) is 4.57. The number of carbonyl (C=O) groups excluding carboxylic acids is 2. The molecule has 19 heavy (non-hydrogen) atoms. The van der Waals surface area contributed by atoms with Gasteiger partial charge in [-0.3, -0.25) is 4.90 Å². The largest absolute Gasteiger partial charge is 0.464 e. The highest BCUT2D eigenvalue weighted by molar-refractivity contribution is 5.85. The van der Waals surface area contributed by atoms with Gasteiger partial charge in [0.2, 0.25) is 0 Å². The van der Waals surface area contributed by atoms with Crippen molar-refractivity contribution in [3.8, 4) is 0 Å². The lowest BCUT2D eigenvalue weighted by molar-refractivity contribution is -0.149. The minimum absolute atomic E-state index is 0.0724. The highest BCUT2D eigenvalue weighted by Crippen LogP contribution is 2.37. The summed E-state index contributed by atoms with van der Waals surface area (Å²) in [5.74, 6) is -0.390. The van der Waals surface area contributed by atoms with E-state index in [0.29, 0.717) is 13.2 Å². The third kappa shape index (κ3) is 1.85. The van der Waals surface area contributed by atoms with E-state index in [1.54, 1.807) is 6.92 Å².